The third-order valence-corrected chi connectivity index (χ3v) is 8.82. The van der Waals surface area contributed by atoms with Gasteiger partial charge >= 0.3 is 5.97 Å². The van der Waals surface area contributed by atoms with Gasteiger partial charge in [0.1, 0.15) is 10.6 Å². The van der Waals surface area contributed by atoms with Crippen molar-refractivity contribution >= 4 is 95.0 Å². The fraction of sp³-hybridized carbons (Fsp3) is 0.0769. The number of hydrogen-bond donors (Lipinski definition) is 4. The molecular formula is C26H17Cl2N7O10S2. The van der Waals surface area contributed by atoms with Crippen molar-refractivity contribution < 1.29 is 45.4 Å². The summed E-state index contributed by atoms with van der Waals surface area (Å²) in [5.74, 6) is -3.44. The minimum Gasteiger partial charge on any atom is -0.477 e. The van der Waals surface area contributed by atoms with Gasteiger partial charge in [0.05, 0.1) is 21.6 Å². The third-order valence-electron chi connectivity index (χ3n) is 6.44. The number of aliphatic carboxylic acids is 1. The van der Waals surface area contributed by atoms with Crippen molar-refractivity contribution in [3.63, 3.8) is 0 Å². The van der Waals surface area contributed by atoms with Gasteiger partial charge in [-0.1, -0.05) is 23.2 Å². The van der Waals surface area contributed by atoms with Crippen LogP contribution in [0.3, 0.4) is 0 Å². The highest BCUT2D eigenvalue weighted by Gasteiger charge is 2.41. The Hall–Kier alpha value is -4.92. The van der Waals surface area contributed by atoms with Crippen molar-refractivity contribution in [2.75, 3.05) is 10.3 Å². The molecule has 0 saturated carbocycles. The Bertz CT molecular complexity index is 2320. The van der Waals surface area contributed by atoms with Crippen LogP contribution in [0, 0.1) is 6.92 Å². The lowest BCUT2D eigenvalue weighted by Crippen LogP contribution is -2.33. The monoisotopic (exact) mass is 721 g/mol. The number of nitrogens with zero attached hydrogens (tertiary/aromatic N) is 6. The second-order valence-electron chi connectivity index (χ2n) is 9.60. The Balaban J connectivity index is 1.46. The zero-order valence-electron chi connectivity index (χ0n) is 23.2. The number of carboxylic acids is 1. The van der Waals surface area contributed by atoms with Crippen molar-refractivity contribution in [1.82, 2.24) is 9.97 Å². The predicted octanol–water partition coefficient (Wildman–Crippen LogP) is 3.93. The molecule has 1 aromatic heterocycles. The molecule has 1 aliphatic rings. The van der Waals surface area contributed by atoms with Crippen LogP contribution in [0.2, 0.25) is 10.3 Å². The molecule has 17 nitrogen and oxygen atoms in total. The maximum Gasteiger partial charge on any atom is 0.355 e. The zero-order valence-corrected chi connectivity index (χ0v) is 26.4. The molecule has 242 valence electrons. The van der Waals surface area contributed by atoms with Gasteiger partial charge in [-0.3, -0.25) is 18.7 Å². The number of carbonyl (C=O) groups excluding carboxylic acids is 2. The van der Waals surface area contributed by atoms with Crippen LogP contribution in [0.4, 0.5) is 17.1 Å². The van der Waals surface area contributed by atoms with Gasteiger partial charge < -0.3 is 10.4 Å². The van der Waals surface area contributed by atoms with Gasteiger partial charge in [-0.05, 0) is 67.1 Å². The van der Waals surface area contributed by atoms with Crippen molar-refractivity contribution in [3.8, 4) is 0 Å². The van der Waals surface area contributed by atoms with E-state index in [0.29, 0.717) is 10.5 Å². The summed E-state index contributed by atoms with van der Waals surface area (Å²) < 4.78 is 66.1. The number of hydrogen-bond acceptors (Lipinski definition) is 12. The number of hydrazone groups is 1. The number of aryl methyl sites for hydroxylation is 1. The molecular weight excluding hydrogens is 705 g/mol. The van der Waals surface area contributed by atoms with E-state index in [1.165, 1.54) is 25.1 Å². The smallest absolute Gasteiger partial charge is 0.355 e. The van der Waals surface area contributed by atoms with Crippen LogP contribution < -0.4 is 10.3 Å². The summed E-state index contributed by atoms with van der Waals surface area (Å²) in [5.41, 5.74) is -0.695. The molecule has 0 fully saturated rings. The molecule has 21 heteroatoms. The first-order valence-corrected chi connectivity index (χ1v) is 16.3. The van der Waals surface area contributed by atoms with Gasteiger partial charge in [0.25, 0.3) is 32.1 Å². The van der Waals surface area contributed by atoms with Crippen molar-refractivity contribution in [2.45, 2.75) is 22.8 Å². The molecule has 5 rings (SSSR count). The lowest BCUT2D eigenvalue weighted by molar-refractivity contribution is -0.130. The molecule has 2 heterocycles. The van der Waals surface area contributed by atoms with Crippen LogP contribution >= 0.6 is 23.2 Å². The van der Waals surface area contributed by atoms with Crippen LogP contribution in [0.1, 0.15) is 15.9 Å². The SMILES string of the molecule is Cc1cc(S(=O)(=O)O)ccc1N1N=C(C(=O)O)[C@H](N=Nc2cc(NC(=O)c3ccc4nc(Cl)c(Cl)nc4c3)ccc2S(=O)(=O)O)C1=O. The lowest BCUT2D eigenvalue weighted by Gasteiger charge is -2.15. The summed E-state index contributed by atoms with van der Waals surface area (Å²) in [5, 5.41) is 23.9. The zero-order chi connectivity index (χ0) is 34.4. The topological polar surface area (TPSA) is 258 Å². The molecule has 0 unspecified atom stereocenters. The Kier molecular flexibility index (Phi) is 8.79. The second kappa shape index (κ2) is 12.4. The van der Waals surface area contributed by atoms with E-state index in [0.717, 1.165) is 36.4 Å². The van der Waals surface area contributed by atoms with Gasteiger partial charge in [0, 0.05) is 11.3 Å². The van der Waals surface area contributed by atoms with Crippen LogP contribution in [0.25, 0.3) is 11.0 Å². The van der Waals surface area contributed by atoms with Crippen LogP contribution in [-0.4, -0.2) is 70.6 Å². The van der Waals surface area contributed by atoms with Gasteiger partial charge in [-0.2, -0.15) is 37.2 Å². The fourth-order valence-corrected chi connectivity index (χ4v) is 5.71. The van der Waals surface area contributed by atoms with Crippen LogP contribution in [0.15, 0.2) is 79.7 Å². The number of aromatic nitrogens is 2. The van der Waals surface area contributed by atoms with Crippen molar-refractivity contribution in [1.29, 1.82) is 0 Å². The Morgan fingerprint density at radius 2 is 1.60 bits per heavy atom. The molecule has 47 heavy (non-hydrogen) atoms. The summed E-state index contributed by atoms with van der Waals surface area (Å²) in [6.07, 6.45) is 0. The average molecular weight is 723 g/mol. The maximum absolute atomic E-state index is 13.2. The standard InChI is InChI=1S/C26H17Cl2N7O10S2/c1-11-8-14(46(40,41)42)4-6-18(11)35-25(37)20(21(34-35)26(38)39)33-32-17-10-13(3-7-19(17)47(43,44)45)29-24(36)12-2-5-15-16(9-12)31-23(28)22(27)30-15/h2-10,20H,1H3,(H,29,36)(H,38,39)(H,40,41,42)(H,43,44,45)/t20-/m0/s1. The number of anilines is 2. The Labute approximate surface area is 274 Å². The first-order chi connectivity index (χ1) is 21.9. The quantitative estimate of drug-likeness (QED) is 0.149. The minimum atomic E-state index is -4.94. The molecule has 0 bridgehead atoms. The number of benzene rings is 3. The van der Waals surface area contributed by atoms with Crippen LogP contribution in [-0.2, 0) is 29.8 Å². The van der Waals surface area contributed by atoms with Gasteiger partial charge in [0.15, 0.2) is 16.0 Å². The van der Waals surface area contributed by atoms with Crippen molar-refractivity contribution in [2.24, 2.45) is 15.3 Å². The fourth-order valence-electron chi connectivity index (χ4n) is 4.27. The molecule has 4 N–H and O–H groups in total. The normalized spacial score (nSPS) is 15.3. The number of rotatable bonds is 8. The predicted molar refractivity (Wildman–Crippen MR) is 166 cm³/mol. The number of nitrogens with one attached hydrogen (secondary N) is 1. The molecule has 0 aliphatic carbocycles. The Morgan fingerprint density at radius 1 is 0.915 bits per heavy atom. The van der Waals surface area contributed by atoms with E-state index in [9.17, 15) is 45.4 Å². The van der Waals surface area contributed by atoms with Gasteiger partial charge in [0.2, 0.25) is 6.04 Å². The first kappa shape index (κ1) is 33.4. The largest absolute Gasteiger partial charge is 0.477 e. The van der Waals surface area contributed by atoms with E-state index in [1.54, 1.807) is 0 Å². The third kappa shape index (κ3) is 6.94. The second-order valence-corrected chi connectivity index (χ2v) is 13.1. The number of carbonyl (C=O) groups is 3. The van der Waals surface area contributed by atoms with Gasteiger partial charge in [-0.15, -0.1) is 0 Å². The van der Waals surface area contributed by atoms with Crippen molar-refractivity contribution in [3.05, 3.63) is 76.0 Å². The highest BCUT2D eigenvalue weighted by Crippen LogP contribution is 2.32. The number of halogens is 2. The minimum absolute atomic E-state index is 0.0322. The molecule has 0 saturated heterocycles. The summed E-state index contributed by atoms with van der Waals surface area (Å²) in [4.78, 5) is 45.0. The highest BCUT2D eigenvalue weighted by atomic mass is 35.5. The molecule has 2 amide bonds. The van der Waals surface area contributed by atoms with E-state index >= 15 is 0 Å². The number of azo groups is 1. The summed E-state index contributed by atoms with van der Waals surface area (Å²) in [7, 11) is -9.53. The summed E-state index contributed by atoms with van der Waals surface area (Å²) >= 11 is 11.8. The molecule has 0 spiro atoms. The summed E-state index contributed by atoms with van der Waals surface area (Å²) in [6.45, 7) is 1.37. The van der Waals surface area contributed by atoms with Crippen LogP contribution in [0.5, 0.6) is 0 Å². The number of fused-ring (bicyclic) bond motifs is 1. The molecule has 1 aliphatic heterocycles. The maximum atomic E-state index is 13.2. The van der Waals surface area contributed by atoms with E-state index in [4.69, 9.17) is 23.2 Å². The lowest BCUT2D eigenvalue weighted by atomic mass is 10.1. The number of carboxylic acid groups (broad SMARTS) is 1. The van der Waals surface area contributed by atoms with E-state index in [2.05, 4.69) is 30.6 Å². The first-order valence-electron chi connectivity index (χ1n) is 12.6. The van der Waals surface area contributed by atoms with E-state index in [-0.39, 0.29) is 38.3 Å². The van der Waals surface area contributed by atoms with Gasteiger partial charge in [-0.25, -0.2) is 14.8 Å². The summed E-state index contributed by atoms with van der Waals surface area (Å²) in [6, 6.07) is 8.43. The Morgan fingerprint density at radius 3 is 2.21 bits per heavy atom. The average Bonchev–Trinajstić information content (AvgIpc) is 3.31. The molecule has 0 radical (unpaired) electrons. The molecule has 4 aromatic rings. The van der Waals surface area contributed by atoms with E-state index < -0.39 is 65.3 Å². The molecule has 3 aromatic carbocycles. The molecule has 1 atom stereocenters. The van der Waals surface area contributed by atoms with E-state index in [1.807, 2.05) is 0 Å². The highest BCUT2D eigenvalue weighted by molar-refractivity contribution is 7.86. The number of amides is 2.